The molecule has 0 radical (unpaired) electrons. The monoisotopic (exact) mass is 216 g/mol. The Balaban J connectivity index is 0.000000500. The quantitative estimate of drug-likeness (QED) is 0.569. The first kappa shape index (κ1) is 12.8. The number of benzene rings is 1. The minimum Gasteiger partial charge on any atom is -0.304 e. The van der Waals surface area contributed by atoms with Gasteiger partial charge in [0.1, 0.15) is 6.29 Å². The molecule has 0 heterocycles. The Bertz CT molecular complexity index is 378. The Labute approximate surface area is 83.3 Å². The van der Waals surface area contributed by atoms with Crippen molar-refractivity contribution in [2.75, 3.05) is 0 Å². The molecule has 0 bridgehead atoms. The molecule has 0 saturated carbocycles. The van der Waals surface area contributed by atoms with Crippen LogP contribution in [0.1, 0.15) is 12.5 Å². The van der Waals surface area contributed by atoms with Crippen molar-refractivity contribution >= 4 is 16.4 Å². The van der Waals surface area contributed by atoms with Crippen LogP contribution in [-0.4, -0.2) is 19.3 Å². The molecule has 1 N–H and O–H groups in total. The molecule has 0 aliphatic carbocycles. The van der Waals surface area contributed by atoms with Crippen LogP contribution in [0, 0.1) is 6.92 Å². The van der Waals surface area contributed by atoms with Crippen LogP contribution in [0.5, 0.6) is 0 Å². The molecule has 0 aliphatic rings. The number of carbonyl (C=O) groups excluding carboxylic acids is 1. The fourth-order valence-corrected chi connectivity index (χ4v) is 1.19. The predicted molar refractivity (Wildman–Crippen MR) is 52.7 cm³/mol. The van der Waals surface area contributed by atoms with Crippen LogP contribution in [-0.2, 0) is 14.9 Å². The molecule has 14 heavy (non-hydrogen) atoms. The SMILES string of the molecule is CC=O.Cc1ccc(S(=O)(=O)O)cc1. The van der Waals surface area contributed by atoms with E-state index in [-0.39, 0.29) is 4.90 Å². The van der Waals surface area contributed by atoms with E-state index in [2.05, 4.69) is 0 Å². The molecule has 0 aromatic heterocycles. The van der Waals surface area contributed by atoms with E-state index in [4.69, 9.17) is 9.35 Å². The standard InChI is InChI=1S/C7H8O3S.C2H4O/c1-6-2-4-7(5-3-6)11(8,9)10;1-2-3/h2-5H,1H3,(H,8,9,10);2H,1H3. The average molecular weight is 216 g/mol. The van der Waals surface area contributed by atoms with Crippen LogP contribution in [0.15, 0.2) is 29.2 Å². The van der Waals surface area contributed by atoms with Crippen molar-refractivity contribution in [1.82, 2.24) is 0 Å². The molecule has 0 aliphatic heterocycles. The lowest BCUT2D eigenvalue weighted by Crippen LogP contribution is -1.96. The Morgan fingerprint density at radius 2 is 1.57 bits per heavy atom. The Morgan fingerprint density at radius 1 is 1.21 bits per heavy atom. The molecule has 0 atom stereocenters. The average Bonchev–Trinajstić information content (AvgIpc) is 2.04. The summed E-state index contributed by atoms with van der Waals surface area (Å²) in [7, 11) is -4.02. The zero-order chi connectivity index (χ0) is 11.2. The maximum Gasteiger partial charge on any atom is 0.294 e. The van der Waals surface area contributed by atoms with E-state index in [0.29, 0.717) is 0 Å². The Kier molecular flexibility index (Phi) is 5.04. The predicted octanol–water partition coefficient (Wildman–Crippen LogP) is 1.45. The van der Waals surface area contributed by atoms with Crippen molar-refractivity contribution in [1.29, 1.82) is 0 Å². The van der Waals surface area contributed by atoms with E-state index in [0.717, 1.165) is 11.8 Å². The van der Waals surface area contributed by atoms with E-state index >= 15 is 0 Å². The Hall–Kier alpha value is -1.20. The van der Waals surface area contributed by atoms with Crippen molar-refractivity contribution in [2.24, 2.45) is 0 Å². The van der Waals surface area contributed by atoms with Gasteiger partial charge < -0.3 is 4.79 Å². The van der Waals surface area contributed by atoms with Gasteiger partial charge in [-0.2, -0.15) is 8.42 Å². The Morgan fingerprint density at radius 3 is 1.86 bits per heavy atom. The highest BCUT2D eigenvalue weighted by atomic mass is 32.2. The van der Waals surface area contributed by atoms with Gasteiger partial charge in [-0.3, -0.25) is 4.55 Å². The second kappa shape index (κ2) is 5.51. The van der Waals surface area contributed by atoms with E-state index in [1.54, 1.807) is 12.1 Å². The maximum absolute atomic E-state index is 10.5. The number of hydrogen-bond acceptors (Lipinski definition) is 3. The molecule has 1 aromatic rings. The van der Waals surface area contributed by atoms with Crippen LogP contribution < -0.4 is 0 Å². The number of hydrogen-bond donors (Lipinski definition) is 1. The number of aryl methyl sites for hydroxylation is 1. The van der Waals surface area contributed by atoms with Gasteiger partial charge in [-0.05, 0) is 26.0 Å². The van der Waals surface area contributed by atoms with Gasteiger partial charge in [-0.25, -0.2) is 0 Å². The number of carbonyl (C=O) groups is 1. The van der Waals surface area contributed by atoms with Crippen LogP contribution in [0.25, 0.3) is 0 Å². The molecular formula is C9H12O4S. The van der Waals surface area contributed by atoms with Gasteiger partial charge in [0.15, 0.2) is 0 Å². The summed E-state index contributed by atoms with van der Waals surface area (Å²) in [6.07, 6.45) is 0.750. The second-order valence-electron chi connectivity index (χ2n) is 2.52. The summed E-state index contributed by atoms with van der Waals surface area (Å²) in [5.74, 6) is 0. The lowest BCUT2D eigenvalue weighted by molar-refractivity contribution is -0.106. The van der Waals surface area contributed by atoms with Crippen molar-refractivity contribution in [2.45, 2.75) is 18.7 Å². The third kappa shape index (κ3) is 4.74. The summed E-state index contributed by atoms with van der Waals surface area (Å²) in [6.45, 7) is 3.29. The molecule has 0 fully saturated rings. The molecule has 0 amide bonds. The summed E-state index contributed by atoms with van der Waals surface area (Å²) in [6, 6.07) is 5.99. The normalized spacial score (nSPS) is 9.93. The molecule has 0 unspecified atom stereocenters. The summed E-state index contributed by atoms with van der Waals surface area (Å²) >= 11 is 0. The van der Waals surface area contributed by atoms with Crippen molar-refractivity contribution in [3.05, 3.63) is 29.8 Å². The van der Waals surface area contributed by atoms with Crippen molar-refractivity contribution in [3.8, 4) is 0 Å². The van der Waals surface area contributed by atoms with Crippen LogP contribution in [0.4, 0.5) is 0 Å². The molecule has 78 valence electrons. The lowest BCUT2D eigenvalue weighted by atomic mass is 10.2. The first-order chi connectivity index (χ1) is 6.41. The summed E-state index contributed by atoms with van der Waals surface area (Å²) < 4.78 is 29.6. The lowest BCUT2D eigenvalue weighted by Gasteiger charge is -1.95. The van der Waals surface area contributed by atoms with E-state index in [1.165, 1.54) is 19.1 Å². The van der Waals surface area contributed by atoms with Crippen molar-refractivity contribution in [3.63, 3.8) is 0 Å². The zero-order valence-corrected chi connectivity index (χ0v) is 8.78. The summed E-state index contributed by atoms with van der Waals surface area (Å²) in [4.78, 5) is 8.74. The minimum absolute atomic E-state index is 0.0666. The van der Waals surface area contributed by atoms with E-state index in [9.17, 15) is 8.42 Å². The molecule has 1 aromatic carbocycles. The van der Waals surface area contributed by atoms with Crippen LogP contribution >= 0.6 is 0 Å². The fourth-order valence-electron chi connectivity index (χ4n) is 0.710. The smallest absolute Gasteiger partial charge is 0.294 e. The molecular weight excluding hydrogens is 204 g/mol. The molecule has 1 rings (SSSR count). The number of rotatable bonds is 1. The highest BCUT2D eigenvalue weighted by Gasteiger charge is 2.06. The van der Waals surface area contributed by atoms with E-state index < -0.39 is 10.1 Å². The largest absolute Gasteiger partial charge is 0.304 e. The van der Waals surface area contributed by atoms with Gasteiger partial charge in [0, 0.05) is 0 Å². The highest BCUT2D eigenvalue weighted by molar-refractivity contribution is 7.85. The third-order valence-corrected chi connectivity index (χ3v) is 2.19. The fraction of sp³-hybridized carbons (Fsp3) is 0.222. The van der Waals surface area contributed by atoms with Crippen LogP contribution in [0.2, 0.25) is 0 Å². The molecule has 0 spiro atoms. The number of aldehydes is 1. The van der Waals surface area contributed by atoms with Gasteiger partial charge in [-0.1, -0.05) is 17.7 Å². The van der Waals surface area contributed by atoms with Gasteiger partial charge in [0.05, 0.1) is 4.90 Å². The third-order valence-electron chi connectivity index (χ3n) is 1.32. The maximum atomic E-state index is 10.5. The van der Waals surface area contributed by atoms with Gasteiger partial charge in [-0.15, -0.1) is 0 Å². The first-order valence-electron chi connectivity index (χ1n) is 3.85. The molecule has 4 nitrogen and oxygen atoms in total. The van der Waals surface area contributed by atoms with Gasteiger partial charge in [0.2, 0.25) is 0 Å². The molecule has 5 heteroatoms. The topological polar surface area (TPSA) is 71.4 Å². The van der Waals surface area contributed by atoms with E-state index in [1.807, 2.05) is 6.92 Å². The highest BCUT2D eigenvalue weighted by Crippen LogP contribution is 2.08. The van der Waals surface area contributed by atoms with Gasteiger partial charge >= 0.3 is 0 Å². The van der Waals surface area contributed by atoms with Gasteiger partial charge in [0.25, 0.3) is 10.1 Å². The first-order valence-corrected chi connectivity index (χ1v) is 5.29. The minimum atomic E-state index is -4.02. The zero-order valence-electron chi connectivity index (χ0n) is 7.97. The van der Waals surface area contributed by atoms with Crippen LogP contribution in [0.3, 0.4) is 0 Å². The second-order valence-corrected chi connectivity index (χ2v) is 3.95. The summed E-state index contributed by atoms with van der Waals surface area (Å²) in [5.41, 5.74) is 0.956. The van der Waals surface area contributed by atoms with Crippen molar-refractivity contribution < 1.29 is 17.8 Å². The summed E-state index contributed by atoms with van der Waals surface area (Å²) in [5, 5.41) is 0. The molecule has 0 saturated heterocycles.